The Bertz CT molecular complexity index is 774. The molecular weight excluding hydrogens is 360 g/mol. The zero-order chi connectivity index (χ0) is 19.4. The van der Waals surface area contributed by atoms with Gasteiger partial charge >= 0.3 is 0 Å². The lowest BCUT2D eigenvalue weighted by Crippen LogP contribution is -2.43. The Morgan fingerprint density at radius 3 is 2.67 bits per heavy atom. The number of amides is 1. The second-order valence-electron chi connectivity index (χ2n) is 7.24. The van der Waals surface area contributed by atoms with E-state index in [0.29, 0.717) is 19.0 Å². The van der Waals surface area contributed by atoms with Gasteiger partial charge in [-0.1, -0.05) is 19.9 Å². The molecule has 1 N–H and O–H groups in total. The maximum absolute atomic E-state index is 12.5. The number of carbonyl (C=O) groups is 1. The molecule has 3 rings (SSSR count). The predicted octanol–water partition coefficient (Wildman–Crippen LogP) is 3.49. The number of methoxy groups -OCH3 is 2. The van der Waals surface area contributed by atoms with Gasteiger partial charge in [0.2, 0.25) is 5.91 Å². The first-order valence-corrected chi connectivity index (χ1v) is 10.2. The van der Waals surface area contributed by atoms with E-state index in [1.807, 2.05) is 0 Å². The van der Waals surface area contributed by atoms with Crippen LogP contribution in [0.4, 0.5) is 0 Å². The highest BCUT2D eigenvalue weighted by atomic mass is 32.1. The minimum Gasteiger partial charge on any atom is -0.493 e. The number of carbonyl (C=O) groups excluding carboxylic acids is 1. The van der Waals surface area contributed by atoms with Crippen molar-refractivity contribution in [3.63, 3.8) is 0 Å². The van der Waals surface area contributed by atoms with Gasteiger partial charge in [0.05, 0.1) is 26.8 Å². The predicted molar refractivity (Wildman–Crippen MR) is 109 cm³/mol. The van der Waals surface area contributed by atoms with Crippen molar-refractivity contribution in [3.05, 3.63) is 45.6 Å². The minimum absolute atomic E-state index is 0.0540. The number of nitrogens with one attached hydrogen (secondary N) is 1. The third-order valence-corrected chi connectivity index (χ3v) is 5.77. The molecule has 1 aliphatic heterocycles. The summed E-state index contributed by atoms with van der Waals surface area (Å²) in [6.07, 6.45) is 0.884. The fraction of sp³-hybridized carbons (Fsp3) is 0.476. The summed E-state index contributed by atoms with van der Waals surface area (Å²) in [5.41, 5.74) is 2.45. The standard InChI is InChI=1S/C21H28N2O3S/c1-14(2)12-22-20(24)13-23-8-7-15-10-17(25-3)18(26-4)11-16(15)21(23)19-6-5-9-27-19/h5-6,9-11,14,21H,7-8,12-13H2,1-4H3,(H,22,24)/t21-/m0/s1. The molecule has 1 aromatic carbocycles. The molecule has 0 radical (unpaired) electrons. The van der Waals surface area contributed by atoms with Gasteiger partial charge in [-0.15, -0.1) is 11.3 Å². The smallest absolute Gasteiger partial charge is 0.234 e. The Morgan fingerprint density at radius 1 is 1.30 bits per heavy atom. The topological polar surface area (TPSA) is 50.8 Å². The molecule has 0 bridgehead atoms. The summed E-state index contributed by atoms with van der Waals surface area (Å²) in [4.78, 5) is 16.0. The van der Waals surface area contributed by atoms with Crippen molar-refractivity contribution in [3.8, 4) is 11.5 Å². The second-order valence-corrected chi connectivity index (χ2v) is 8.22. The van der Waals surface area contributed by atoms with Crippen molar-refractivity contribution < 1.29 is 14.3 Å². The van der Waals surface area contributed by atoms with Crippen molar-refractivity contribution in [2.45, 2.75) is 26.3 Å². The molecule has 6 heteroatoms. The van der Waals surface area contributed by atoms with Gasteiger partial charge in [0.1, 0.15) is 0 Å². The molecule has 1 aliphatic rings. The van der Waals surface area contributed by atoms with Gasteiger partial charge < -0.3 is 14.8 Å². The Labute approximate surface area is 165 Å². The van der Waals surface area contributed by atoms with Crippen LogP contribution in [0.2, 0.25) is 0 Å². The number of hydrogen-bond acceptors (Lipinski definition) is 5. The van der Waals surface area contributed by atoms with E-state index >= 15 is 0 Å². The quantitative estimate of drug-likeness (QED) is 0.789. The van der Waals surface area contributed by atoms with Crippen LogP contribution in [0.15, 0.2) is 29.6 Å². The summed E-state index contributed by atoms with van der Waals surface area (Å²) in [6.45, 7) is 6.14. The van der Waals surface area contributed by atoms with Crippen molar-refractivity contribution >= 4 is 17.2 Å². The van der Waals surface area contributed by atoms with Crippen LogP contribution in [-0.4, -0.2) is 44.7 Å². The summed E-state index contributed by atoms with van der Waals surface area (Å²) in [5.74, 6) is 2.00. The normalized spacial score (nSPS) is 16.9. The average molecular weight is 389 g/mol. The first-order valence-electron chi connectivity index (χ1n) is 9.32. The molecule has 5 nitrogen and oxygen atoms in total. The fourth-order valence-electron chi connectivity index (χ4n) is 3.51. The maximum atomic E-state index is 12.5. The first-order chi connectivity index (χ1) is 13.0. The monoisotopic (exact) mass is 388 g/mol. The number of hydrogen-bond donors (Lipinski definition) is 1. The van der Waals surface area contributed by atoms with Crippen LogP contribution < -0.4 is 14.8 Å². The molecule has 0 aliphatic carbocycles. The maximum Gasteiger partial charge on any atom is 0.234 e. The molecule has 146 valence electrons. The zero-order valence-corrected chi connectivity index (χ0v) is 17.3. The van der Waals surface area contributed by atoms with Gasteiger partial charge in [0, 0.05) is 18.0 Å². The summed E-state index contributed by atoms with van der Waals surface area (Å²) in [6, 6.07) is 8.40. The largest absolute Gasteiger partial charge is 0.493 e. The molecule has 0 unspecified atom stereocenters. The lowest BCUT2D eigenvalue weighted by molar-refractivity contribution is -0.122. The van der Waals surface area contributed by atoms with Gasteiger partial charge in [-0.2, -0.15) is 0 Å². The minimum atomic E-state index is 0.0540. The molecule has 0 fully saturated rings. The van der Waals surface area contributed by atoms with Crippen LogP contribution in [0.1, 0.15) is 35.9 Å². The highest BCUT2D eigenvalue weighted by Crippen LogP contribution is 2.41. The van der Waals surface area contributed by atoms with E-state index in [4.69, 9.17) is 9.47 Å². The third kappa shape index (κ3) is 4.45. The van der Waals surface area contributed by atoms with Crippen LogP contribution in [0.5, 0.6) is 11.5 Å². The summed E-state index contributed by atoms with van der Waals surface area (Å²) in [7, 11) is 3.32. The number of ether oxygens (including phenoxy) is 2. The number of nitrogens with zero attached hydrogens (tertiary/aromatic N) is 1. The van der Waals surface area contributed by atoms with E-state index < -0.39 is 0 Å². The van der Waals surface area contributed by atoms with E-state index in [9.17, 15) is 4.79 Å². The molecular formula is C21H28N2O3S. The SMILES string of the molecule is COc1cc2c(cc1OC)[C@@H](c1cccs1)N(CC(=O)NCC(C)C)CC2. The molecule has 0 spiro atoms. The molecule has 27 heavy (non-hydrogen) atoms. The first kappa shape index (κ1) is 19.7. The van der Waals surface area contributed by atoms with Crippen LogP contribution in [-0.2, 0) is 11.2 Å². The molecule has 0 saturated heterocycles. The van der Waals surface area contributed by atoms with E-state index in [2.05, 4.69) is 53.7 Å². The van der Waals surface area contributed by atoms with E-state index in [1.54, 1.807) is 25.6 Å². The van der Waals surface area contributed by atoms with Gasteiger partial charge in [-0.05, 0) is 47.0 Å². The Morgan fingerprint density at radius 2 is 2.04 bits per heavy atom. The van der Waals surface area contributed by atoms with Gasteiger partial charge in [0.15, 0.2) is 11.5 Å². The lowest BCUT2D eigenvalue weighted by atomic mass is 9.91. The van der Waals surface area contributed by atoms with E-state index in [0.717, 1.165) is 24.5 Å². The van der Waals surface area contributed by atoms with E-state index in [-0.39, 0.29) is 11.9 Å². The molecule has 1 amide bonds. The fourth-order valence-corrected chi connectivity index (χ4v) is 4.38. The van der Waals surface area contributed by atoms with Crippen LogP contribution in [0.3, 0.4) is 0 Å². The molecule has 1 atom stereocenters. The van der Waals surface area contributed by atoms with Crippen LogP contribution >= 0.6 is 11.3 Å². The molecule has 1 aromatic heterocycles. The number of fused-ring (bicyclic) bond motifs is 1. The summed E-state index contributed by atoms with van der Waals surface area (Å²) >= 11 is 1.72. The van der Waals surface area contributed by atoms with Gasteiger partial charge in [-0.3, -0.25) is 9.69 Å². The summed E-state index contributed by atoms with van der Waals surface area (Å²) in [5, 5.41) is 5.12. The highest BCUT2D eigenvalue weighted by molar-refractivity contribution is 7.10. The lowest BCUT2D eigenvalue weighted by Gasteiger charge is -2.37. The van der Waals surface area contributed by atoms with Crippen LogP contribution in [0, 0.1) is 5.92 Å². The van der Waals surface area contributed by atoms with Crippen molar-refractivity contribution in [2.75, 3.05) is 33.9 Å². The Balaban J connectivity index is 1.92. The average Bonchev–Trinajstić information content (AvgIpc) is 3.19. The van der Waals surface area contributed by atoms with Gasteiger partial charge in [0.25, 0.3) is 0 Å². The zero-order valence-electron chi connectivity index (χ0n) is 16.5. The van der Waals surface area contributed by atoms with Crippen LogP contribution in [0.25, 0.3) is 0 Å². The van der Waals surface area contributed by atoms with Crippen molar-refractivity contribution in [2.24, 2.45) is 5.92 Å². The number of rotatable bonds is 7. The van der Waals surface area contributed by atoms with Crippen molar-refractivity contribution in [1.29, 1.82) is 0 Å². The van der Waals surface area contributed by atoms with Crippen molar-refractivity contribution in [1.82, 2.24) is 10.2 Å². The highest BCUT2D eigenvalue weighted by Gasteiger charge is 2.32. The number of benzene rings is 1. The molecule has 0 saturated carbocycles. The molecule has 2 aromatic rings. The van der Waals surface area contributed by atoms with Gasteiger partial charge in [-0.25, -0.2) is 0 Å². The summed E-state index contributed by atoms with van der Waals surface area (Å²) < 4.78 is 11.0. The number of thiophene rings is 1. The molecule has 2 heterocycles. The Hall–Kier alpha value is -2.05. The second kappa shape index (κ2) is 8.76. The third-order valence-electron chi connectivity index (χ3n) is 4.84. The van der Waals surface area contributed by atoms with E-state index in [1.165, 1.54) is 16.0 Å². The Kier molecular flexibility index (Phi) is 6.39.